The third kappa shape index (κ3) is 3.87. The number of thiophene rings is 1. The summed E-state index contributed by atoms with van der Waals surface area (Å²) in [5.41, 5.74) is 6.06. The number of pyridine rings is 1. The standard InChI is InChI=1S/C24H22F2N6S/c25-24(26)2-4-31(15-24)13-16-7-18(11-27-10-16)17-8-19-12-29-30-22(19)21(9-17)23-28-3-5-32(23)20-1-6-33-14-20/h1,3,5-12,14,23,28H,2,4,13,15H2,(H,29,30). The maximum atomic E-state index is 13.6. The molecule has 6 rings (SSSR count). The first-order valence-corrected chi connectivity index (χ1v) is 11.7. The molecule has 1 unspecified atom stereocenters. The number of benzene rings is 1. The first-order chi connectivity index (χ1) is 16.1. The van der Waals surface area contributed by atoms with Crippen LogP contribution in [-0.4, -0.2) is 39.1 Å². The van der Waals surface area contributed by atoms with E-state index in [0.29, 0.717) is 13.1 Å². The first-order valence-electron chi connectivity index (χ1n) is 10.8. The van der Waals surface area contributed by atoms with E-state index in [0.717, 1.165) is 38.8 Å². The van der Waals surface area contributed by atoms with Crippen molar-refractivity contribution in [3.05, 3.63) is 77.1 Å². The molecule has 0 radical (unpaired) electrons. The van der Waals surface area contributed by atoms with E-state index in [1.165, 1.54) is 0 Å². The number of hydrogen-bond acceptors (Lipinski definition) is 6. The van der Waals surface area contributed by atoms with Crippen LogP contribution in [0, 0.1) is 0 Å². The summed E-state index contributed by atoms with van der Waals surface area (Å²) in [6.45, 7) is 0.680. The van der Waals surface area contributed by atoms with Crippen molar-refractivity contribution < 1.29 is 8.78 Å². The van der Waals surface area contributed by atoms with E-state index in [4.69, 9.17) is 0 Å². The predicted octanol–water partition coefficient (Wildman–Crippen LogP) is 5.11. The summed E-state index contributed by atoms with van der Waals surface area (Å²) in [4.78, 5) is 8.40. The molecule has 0 aliphatic carbocycles. The second-order valence-electron chi connectivity index (χ2n) is 8.57. The quantitative estimate of drug-likeness (QED) is 0.430. The Bertz CT molecular complexity index is 1320. The number of aromatic amines is 1. The normalized spacial score (nSPS) is 20.1. The number of H-pyrrole nitrogens is 1. The summed E-state index contributed by atoms with van der Waals surface area (Å²) < 4.78 is 27.2. The van der Waals surface area contributed by atoms with E-state index in [1.54, 1.807) is 22.4 Å². The summed E-state index contributed by atoms with van der Waals surface area (Å²) >= 11 is 1.66. The molecule has 1 aromatic carbocycles. The summed E-state index contributed by atoms with van der Waals surface area (Å²) in [5.74, 6) is -2.59. The summed E-state index contributed by atoms with van der Waals surface area (Å²) in [6, 6.07) is 8.38. The van der Waals surface area contributed by atoms with Gasteiger partial charge in [0.25, 0.3) is 5.92 Å². The Morgan fingerprint density at radius 2 is 2.09 bits per heavy atom. The Morgan fingerprint density at radius 3 is 2.91 bits per heavy atom. The highest BCUT2D eigenvalue weighted by molar-refractivity contribution is 7.08. The molecule has 0 saturated carbocycles. The monoisotopic (exact) mass is 464 g/mol. The molecule has 3 aromatic heterocycles. The minimum absolute atomic E-state index is 0.0783. The number of alkyl halides is 2. The topological polar surface area (TPSA) is 60.1 Å². The van der Waals surface area contributed by atoms with Crippen molar-refractivity contribution in [1.82, 2.24) is 25.4 Å². The van der Waals surface area contributed by atoms with Crippen LogP contribution in [0.5, 0.6) is 0 Å². The molecule has 5 heterocycles. The molecule has 6 nitrogen and oxygen atoms in total. The molecule has 0 amide bonds. The second kappa shape index (κ2) is 7.93. The van der Waals surface area contributed by atoms with Crippen LogP contribution in [0.15, 0.2) is 66.0 Å². The Morgan fingerprint density at radius 1 is 1.15 bits per heavy atom. The Labute approximate surface area is 193 Å². The van der Waals surface area contributed by atoms with Gasteiger partial charge in [0.2, 0.25) is 0 Å². The van der Waals surface area contributed by atoms with E-state index in [-0.39, 0.29) is 19.1 Å². The molecule has 33 heavy (non-hydrogen) atoms. The molecular weight excluding hydrogens is 442 g/mol. The highest BCUT2D eigenvalue weighted by atomic mass is 32.1. The number of halogens is 2. The average Bonchev–Trinajstić information content (AvgIpc) is 3.59. The van der Waals surface area contributed by atoms with Crippen molar-refractivity contribution in [2.45, 2.75) is 25.1 Å². The van der Waals surface area contributed by atoms with Crippen molar-refractivity contribution in [3.63, 3.8) is 0 Å². The van der Waals surface area contributed by atoms with Gasteiger partial charge in [-0.05, 0) is 40.8 Å². The van der Waals surface area contributed by atoms with Gasteiger partial charge in [-0.2, -0.15) is 16.4 Å². The fraction of sp³-hybridized carbons (Fsp3) is 0.250. The maximum absolute atomic E-state index is 13.6. The molecule has 0 spiro atoms. The number of fused-ring (bicyclic) bond motifs is 1. The van der Waals surface area contributed by atoms with Crippen molar-refractivity contribution in [3.8, 4) is 11.1 Å². The lowest BCUT2D eigenvalue weighted by Crippen LogP contribution is -2.26. The highest BCUT2D eigenvalue weighted by Gasteiger charge is 2.38. The summed E-state index contributed by atoms with van der Waals surface area (Å²) in [5, 5.41) is 16.1. The zero-order chi connectivity index (χ0) is 22.4. The van der Waals surface area contributed by atoms with Gasteiger partial charge in [0, 0.05) is 66.2 Å². The lowest BCUT2D eigenvalue weighted by molar-refractivity contribution is 0.0115. The Balaban J connectivity index is 1.35. The number of rotatable bonds is 5. The van der Waals surface area contributed by atoms with Crippen LogP contribution < -0.4 is 10.2 Å². The van der Waals surface area contributed by atoms with Crippen LogP contribution in [0.4, 0.5) is 14.5 Å². The van der Waals surface area contributed by atoms with Gasteiger partial charge in [-0.3, -0.25) is 15.0 Å². The van der Waals surface area contributed by atoms with Crippen molar-refractivity contribution in [1.29, 1.82) is 0 Å². The second-order valence-corrected chi connectivity index (χ2v) is 9.35. The predicted molar refractivity (Wildman–Crippen MR) is 126 cm³/mol. The molecule has 1 atom stereocenters. The third-order valence-corrected chi connectivity index (χ3v) is 6.90. The molecule has 2 N–H and O–H groups in total. The number of likely N-dealkylation sites (tertiary alicyclic amines) is 1. The molecule has 0 bridgehead atoms. The van der Waals surface area contributed by atoms with Gasteiger partial charge >= 0.3 is 0 Å². The van der Waals surface area contributed by atoms with Crippen molar-refractivity contribution >= 4 is 27.9 Å². The third-order valence-electron chi connectivity index (χ3n) is 6.23. The molecule has 1 saturated heterocycles. The molecule has 9 heteroatoms. The van der Waals surface area contributed by atoms with E-state index >= 15 is 0 Å². The minimum atomic E-state index is -2.59. The van der Waals surface area contributed by atoms with Gasteiger partial charge in [-0.1, -0.05) is 0 Å². The van der Waals surface area contributed by atoms with Gasteiger partial charge in [0.1, 0.15) is 6.17 Å². The van der Waals surface area contributed by atoms with Gasteiger partial charge in [0.15, 0.2) is 0 Å². The zero-order valence-corrected chi connectivity index (χ0v) is 18.5. The fourth-order valence-corrected chi connectivity index (χ4v) is 5.30. The molecule has 1 fully saturated rings. The Hall–Kier alpha value is -3.30. The van der Waals surface area contributed by atoms with Crippen LogP contribution >= 0.6 is 11.3 Å². The molecule has 2 aliphatic rings. The van der Waals surface area contributed by atoms with E-state index in [9.17, 15) is 8.78 Å². The van der Waals surface area contributed by atoms with Gasteiger partial charge < -0.3 is 10.2 Å². The first kappa shape index (κ1) is 20.3. The van der Waals surface area contributed by atoms with E-state index in [2.05, 4.69) is 54.4 Å². The van der Waals surface area contributed by atoms with Gasteiger partial charge in [-0.15, -0.1) is 0 Å². The van der Waals surface area contributed by atoms with Crippen LogP contribution in [0.2, 0.25) is 0 Å². The summed E-state index contributed by atoms with van der Waals surface area (Å²) in [6.07, 6.45) is 9.24. The van der Waals surface area contributed by atoms with Crippen molar-refractivity contribution in [2.24, 2.45) is 0 Å². The van der Waals surface area contributed by atoms with E-state index < -0.39 is 5.92 Å². The SMILES string of the molecule is FC1(F)CCN(Cc2cncc(-c3cc(C4NC=CN4c4ccsc4)c4[nH]ncc4c3)c2)C1. The number of nitrogens with zero attached hydrogens (tertiary/aromatic N) is 4. The molecule has 4 aromatic rings. The number of aromatic nitrogens is 3. The smallest absolute Gasteiger partial charge is 0.261 e. The summed E-state index contributed by atoms with van der Waals surface area (Å²) in [7, 11) is 0. The highest BCUT2D eigenvalue weighted by Crippen LogP contribution is 2.36. The van der Waals surface area contributed by atoms with Crippen LogP contribution in [0.1, 0.15) is 23.7 Å². The maximum Gasteiger partial charge on any atom is 0.261 e. The average molecular weight is 465 g/mol. The van der Waals surface area contributed by atoms with Crippen LogP contribution in [-0.2, 0) is 6.54 Å². The number of nitrogens with one attached hydrogen (secondary N) is 2. The number of anilines is 1. The lowest BCUT2D eigenvalue weighted by atomic mass is 9.99. The molecule has 168 valence electrons. The lowest BCUT2D eigenvalue weighted by Gasteiger charge is -2.26. The van der Waals surface area contributed by atoms with E-state index in [1.807, 2.05) is 30.9 Å². The van der Waals surface area contributed by atoms with Gasteiger partial charge in [-0.25, -0.2) is 8.78 Å². The van der Waals surface area contributed by atoms with Crippen LogP contribution in [0.25, 0.3) is 22.0 Å². The molecule has 2 aliphatic heterocycles. The number of hydrogen-bond donors (Lipinski definition) is 2. The largest absolute Gasteiger partial charge is 0.366 e. The van der Waals surface area contributed by atoms with Gasteiger partial charge in [0.05, 0.1) is 23.9 Å². The fourth-order valence-electron chi connectivity index (χ4n) is 4.66. The minimum Gasteiger partial charge on any atom is -0.366 e. The Kier molecular flexibility index (Phi) is 4.88. The van der Waals surface area contributed by atoms with Crippen molar-refractivity contribution in [2.75, 3.05) is 18.0 Å². The van der Waals surface area contributed by atoms with Crippen LogP contribution in [0.3, 0.4) is 0 Å². The zero-order valence-electron chi connectivity index (χ0n) is 17.7. The molecular formula is C24H22F2N6S.